The van der Waals surface area contributed by atoms with Crippen molar-refractivity contribution in [3.05, 3.63) is 0 Å². The summed E-state index contributed by atoms with van der Waals surface area (Å²) in [6, 6.07) is 2.65. The number of nitrogens with one attached hydrogen (secondary N) is 1. The maximum Gasteiger partial charge on any atom is 0.108 e. The van der Waals surface area contributed by atoms with Crippen molar-refractivity contribution in [1.82, 2.24) is 10.2 Å². The highest BCUT2D eigenvalue weighted by Crippen LogP contribution is 2.06. The first-order chi connectivity index (χ1) is 6.77. The van der Waals surface area contributed by atoms with Crippen LogP contribution in [-0.4, -0.2) is 49.8 Å². The van der Waals surface area contributed by atoms with Gasteiger partial charge in [0.25, 0.3) is 0 Å². The van der Waals surface area contributed by atoms with Crippen LogP contribution in [0, 0.1) is 11.3 Å². The Hall–Kier alpha value is -0.630. The van der Waals surface area contributed by atoms with Crippen molar-refractivity contribution in [3.63, 3.8) is 0 Å². The van der Waals surface area contributed by atoms with Gasteiger partial charge in [0, 0.05) is 19.1 Å². The highest BCUT2D eigenvalue weighted by atomic mass is 16.5. The molecule has 1 rings (SSSR count). The molecule has 0 radical (unpaired) electrons. The first kappa shape index (κ1) is 11.4. The second kappa shape index (κ2) is 5.97. The number of hydrogen-bond donors (Lipinski definition) is 1. The number of nitrogens with zero attached hydrogens (tertiary/aromatic N) is 2. The molecule has 2 unspecified atom stereocenters. The van der Waals surface area contributed by atoms with Crippen LogP contribution in [0.3, 0.4) is 0 Å². The Balaban J connectivity index is 2.36. The molecule has 0 bridgehead atoms. The molecule has 1 N–H and O–H groups in total. The predicted molar refractivity (Wildman–Crippen MR) is 54.9 cm³/mol. The third-order valence-corrected chi connectivity index (χ3v) is 2.53. The molecule has 0 saturated carbocycles. The van der Waals surface area contributed by atoms with Crippen LogP contribution in [-0.2, 0) is 4.74 Å². The van der Waals surface area contributed by atoms with E-state index >= 15 is 0 Å². The third-order valence-electron chi connectivity index (χ3n) is 2.53. The molecule has 1 fully saturated rings. The van der Waals surface area contributed by atoms with Crippen molar-refractivity contribution in [2.24, 2.45) is 0 Å². The minimum absolute atomic E-state index is 0.0550. The van der Waals surface area contributed by atoms with Crippen LogP contribution >= 0.6 is 0 Å². The molecular formula is C10H19N3O. The molecule has 1 saturated heterocycles. The average Bonchev–Trinajstić information content (AvgIpc) is 2.20. The quantitative estimate of drug-likeness (QED) is 0.700. The molecule has 0 aliphatic carbocycles. The Morgan fingerprint density at radius 2 is 2.50 bits per heavy atom. The third kappa shape index (κ3) is 3.26. The SMILES string of the molecule is CCNC(C#N)CN1CCOCC1C. The molecule has 4 nitrogen and oxygen atoms in total. The minimum Gasteiger partial charge on any atom is -0.379 e. The van der Waals surface area contributed by atoms with Crippen LogP contribution in [0.25, 0.3) is 0 Å². The van der Waals surface area contributed by atoms with E-state index in [-0.39, 0.29) is 6.04 Å². The zero-order chi connectivity index (χ0) is 10.4. The van der Waals surface area contributed by atoms with E-state index in [1.165, 1.54) is 0 Å². The fraction of sp³-hybridized carbons (Fsp3) is 0.900. The summed E-state index contributed by atoms with van der Waals surface area (Å²) in [4.78, 5) is 2.31. The van der Waals surface area contributed by atoms with Crippen molar-refractivity contribution >= 4 is 0 Å². The molecule has 1 aliphatic rings. The Morgan fingerprint density at radius 1 is 1.71 bits per heavy atom. The lowest BCUT2D eigenvalue weighted by molar-refractivity contribution is -0.00201. The maximum atomic E-state index is 8.90. The van der Waals surface area contributed by atoms with Crippen molar-refractivity contribution in [2.75, 3.05) is 32.8 Å². The lowest BCUT2D eigenvalue weighted by Gasteiger charge is -2.34. The minimum atomic E-state index is -0.0550. The van der Waals surface area contributed by atoms with Gasteiger partial charge in [0.15, 0.2) is 0 Å². The molecule has 2 atom stereocenters. The van der Waals surface area contributed by atoms with Gasteiger partial charge in [-0.2, -0.15) is 5.26 Å². The van der Waals surface area contributed by atoms with Crippen LogP contribution in [0.1, 0.15) is 13.8 Å². The highest BCUT2D eigenvalue weighted by Gasteiger charge is 2.21. The van der Waals surface area contributed by atoms with Gasteiger partial charge in [-0.25, -0.2) is 0 Å². The number of nitriles is 1. The van der Waals surface area contributed by atoms with Crippen LogP contribution in [0.5, 0.6) is 0 Å². The Kier molecular flexibility index (Phi) is 4.88. The van der Waals surface area contributed by atoms with Gasteiger partial charge in [-0.3, -0.25) is 4.90 Å². The molecule has 14 heavy (non-hydrogen) atoms. The molecule has 0 aromatic heterocycles. The molecule has 80 valence electrons. The summed E-state index contributed by atoms with van der Waals surface area (Å²) in [6.07, 6.45) is 0. The van der Waals surface area contributed by atoms with E-state index in [0.717, 1.165) is 32.8 Å². The van der Waals surface area contributed by atoms with Gasteiger partial charge in [-0.1, -0.05) is 6.92 Å². The van der Waals surface area contributed by atoms with E-state index < -0.39 is 0 Å². The monoisotopic (exact) mass is 197 g/mol. The van der Waals surface area contributed by atoms with E-state index in [1.807, 2.05) is 6.92 Å². The van der Waals surface area contributed by atoms with Crippen molar-refractivity contribution in [1.29, 1.82) is 5.26 Å². The molecule has 0 amide bonds. The highest BCUT2D eigenvalue weighted by molar-refractivity contribution is 4.93. The number of morpholine rings is 1. The number of likely N-dealkylation sites (N-methyl/N-ethyl adjacent to an activating group) is 1. The summed E-state index contributed by atoms with van der Waals surface area (Å²) in [6.45, 7) is 8.31. The lowest BCUT2D eigenvalue weighted by atomic mass is 10.2. The van der Waals surface area contributed by atoms with Gasteiger partial charge in [-0.05, 0) is 13.5 Å². The summed E-state index contributed by atoms with van der Waals surface area (Å²) in [7, 11) is 0. The van der Waals surface area contributed by atoms with E-state index in [2.05, 4.69) is 23.2 Å². The largest absolute Gasteiger partial charge is 0.379 e. The molecule has 1 aliphatic heterocycles. The summed E-state index contributed by atoms with van der Waals surface area (Å²) in [5.41, 5.74) is 0. The van der Waals surface area contributed by atoms with Crippen LogP contribution in [0.15, 0.2) is 0 Å². The van der Waals surface area contributed by atoms with Gasteiger partial charge >= 0.3 is 0 Å². The number of hydrogen-bond acceptors (Lipinski definition) is 4. The molecule has 0 spiro atoms. The number of ether oxygens (including phenoxy) is 1. The first-order valence-electron chi connectivity index (χ1n) is 5.22. The van der Waals surface area contributed by atoms with E-state index in [4.69, 9.17) is 10.00 Å². The fourth-order valence-electron chi connectivity index (χ4n) is 1.66. The fourth-order valence-corrected chi connectivity index (χ4v) is 1.66. The zero-order valence-electron chi connectivity index (χ0n) is 8.99. The summed E-state index contributed by atoms with van der Waals surface area (Å²) in [5.74, 6) is 0. The Bertz CT molecular complexity index is 202. The Morgan fingerprint density at radius 3 is 3.07 bits per heavy atom. The summed E-state index contributed by atoms with van der Waals surface area (Å²) >= 11 is 0. The lowest BCUT2D eigenvalue weighted by Crippen LogP contribution is -2.49. The topological polar surface area (TPSA) is 48.3 Å². The van der Waals surface area contributed by atoms with Crippen molar-refractivity contribution in [3.8, 4) is 6.07 Å². The molecule has 0 aromatic rings. The van der Waals surface area contributed by atoms with E-state index in [0.29, 0.717) is 6.04 Å². The smallest absolute Gasteiger partial charge is 0.108 e. The average molecular weight is 197 g/mol. The normalized spacial score (nSPS) is 25.6. The predicted octanol–water partition coefficient (Wildman–Crippen LogP) is 0.209. The molecular weight excluding hydrogens is 178 g/mol. The molecule has 0 aromatic carbocycles. The second-order valence-corrected chi connectivity index (χ2v) is 3.66. The van der Waals surface area contributed by atoms with Crippen LogP contribution < -0.4 is 5.32 Å². The standard InChI is InChI=1S/C10H19N3O/c1-3-12-10(6-11)7-13-4-5-14-8-9(13)2/h9-10,12H,3-5,7-8H2,1-2H3. The van der Waals surface area contributed by atoms with Gasteiger partial charge in [0.1, 0.15) is 6.04 Å². The molecule has 1 heterocycles. The van der Waals surface area contributed by atoms with Crippen molar-refractivity contribution < 1.29 is 4.74 Å². The number of rotatable bonds is 4. The van der Waals surface area contributed by atoms with Gasteiger partial charge in [-0.15, -0.1) is 0 Å². The first-order valence-corrected chi connectivity index (χ1v) is 5.22. The summed E-state index contributed by atoms with van der Waals surface area (Å²) < 4.78 is 5.34. The zero-order valence-corrected chi connectivity index (χ0v) is 8.99. The van der Waals surface area contributed by atoms with Gasteiger partial charge in [0.05, 0.1) is 19.3 Å². The molecule has 4 heteroatoms. The van der Waals surface area contributed by atoms with Gasteiger partial charge < -0.3 is 10.1 Å². The second-order valence-electron chi connectivity index (χ2n) is 3.66. The van der Waals surface area contributed by atoms with E-state index in [1.54, 1.807) is 0 Å². The van der Waals surface area contributed by atoms with Gasteiger partial charge in [0.2, 0.25) is 0 Å². The van der Waals surface area contributed by atoms with Crippen LogP contribution in [0.4, 0.5) is 0 Å². The van der Waals surface area contributed by atoms with Crippen molar-refractivity contribution in [2.45, 2.75) is 25.9 Å². The van der Waals surface area contributed by atoms with E-state index in [9.17, 15) is 0 Å². The maximum absolute atomic E-state index is 8.90. The summed E-state index contributed by atoms with van der Waals surface area (Å²) in [5, 5.41) is 12.1. The van der Waals surface area contributed by atoms with Crippen LogP contribution in [0.2, 0.25) is 0 Å². The Labute approximate surface area is 85.8 Å².